The van der Waals surface area contributed by atoms with Gasteiger partial charge >= 0.3 is 6.36 Å². The fraction of sp³-hybridized carbons (Fsp3) is 0.308. The number of halogens is 5. The maximum absolute atomic E-state index is 13.6. The first-order valence-electron chi connectivity index (χ1n) is 11.5. The van der Waals surface area contributed by atoms with Gasteiger partial charge in [0.15, 0.2) is 0 Å². The van der Waals surface area contributed by atoms with Gasteiger partial charge in [-0.15, -0.1) is 13.2 Å². The van der Waals surface area contributed by atoms with Crippen LogP contribution in [0.4, 0.5) is 22.0 Å². The van der Waals surface area contributed by atoms with Gasteiger partial charge in [0, 0.05) is 29.7 Å². The minimum atomic E-state index is -4.85. The van der Waals surface area contributed by atoms with E-state index in [1.54, 1.807) is 24.3 Å². The Kier molecular flexibility index (Phi) is 7.44. The van der Waals surface area contributed by atoms with Crippen molar-refractivity contribution in [2.75, 3.05) is 12.9 Å². The van der Waals surface area contributed by atoms with Crippen LogP contribution in [0.15, 0.2) is 77.7 Å². The third kappa shape index (κ3) is 6.92. The van der Waals surface area contributed by atoms with Crippen LogP contribution in [0.2, 0.25) is 0 Å². The zero-order valence-electron chi connectivity index (χ0n) is 19.8. The largest absolute Gasteiger partial charge is 0.573 e. The Labute approximate surface area is 211 Å². The van der Waals surface area contributed by atoms with Crippen LogP contribution in [0.1, 0.15) is 29.9 Å². The van der Waals surface area contributed by atoms with Crippen LogP contribution < -0.4 is 9.46 Å². The van der Waals surface area contributed by atoms with Gasteiger partial charge in [-0.05, 0) is 81.9 Å². The molecule has 1 heterocycles. The molecule has 37 heavy (non-hydrogen) atoms. The van der Waals surface area contributed by atoms with Gasteiger partial charge in [-0.1, -0.05) is 24.3 Å². The molecule has 0 aromatic heterocycles. The summed E-state index contributed by atoms with van der Waals surface area (Å²) >= 11 is 0. The van der Waals surface area contributed by atoms with Crippen molar-refractivity contribution in [3.63, 3.8) is 0 Å². The Hall–Kier alpha value is -2.86. The normalized spacial score (nSPS) is 19.8. The SMILES string of the molecule is CS(=N)(O)(NC1CCOC(C(c2ccc(F)cc2)c2ccc(F)cc2)C1)c1ccc(OC(F)(F)F)cc1. The average Bonchev–Trinajstić information content (AvgIpc) is 2.81. The highest BCUT2D eigenvalue weighted by Crippen LogP contribution is 2.37. The summed E-state index contributed by atoms with van der Waals surface area (Å²) in [5.41, 5.74) is 1.53. The molecule has 1 saturated heterocycles. The topological polar surface area (TPSA) is 74.6 Å². The Balaban J connectivity index is 1.56. The lowest BCUT2D eigenvalue weighted by molar-refractivity contribution is -0.274. The first kappa shape index (κ1) is 27.2. The molecule has 0 bridgehead atoms. The van der Waals surface area contributed by atoms with Crippen molar-refractivity contribution in [1.82, 2.24) is 4.72 Å². The summed E-state index contributed by atoms with van der Waals surface area (Å²) in [6.07, 6.45) is -3.12. The average molecular weight is 543 g/mol. The van der Waals surface area contributed by atoms with Crippen molar-refractivity contribution in [3.8, 4) is 5.75 Å². The van der Waals surface area contributed by atoms with Gasteiger partial charge < -0.3 is 14.0 Å². The maximum atomic E-state index is 13.6. The lowest BCUT2D eigenvalue weighted by Crippen LogP contribution is -2.53. The Morgan fingerprint density at radius 2 is 1.46 bits per heavy atom. The number of hydrogen-bond acceptors (Lipinski definition) is 3. The van der Waals surface area contributed by atoms with Crippen molar-refractivity contribution in [1.29, 1.82) is 4.78 Å². The van der Waals surface area contributed by atoms with E-state index in [4.69, 9.17) is 9.52 Å². The highest BCUT2D eigenvalue weighted by molar-refractivity contribution is 8.13. The maximum Gasteiger partial charge on any atom is 0.573 e. The number of nitrogens with one attached hydrogen (secondary N) is 2. The fourth-order valence-electron chi connectivity index (χ4n) is 4.58. The number of rotatable bonds is 7. The van der Waals surface area contributed by atoms with Crippen molar-refractivity contribution >= 4 is 9.42 Å². The van der Waals surface area contributed by atoms with E-state index in [1.807, 2.05) is 0 Å². The lowest BCUT2D eigenvalue weighted by atomic mass is 9.82. The summed E-state index contributed by atoms with van der Waals surface area (Å²) < 4.78 is 97.8. The van der Waals surface area contributed by atoms with Gasteiger partial charge in [0.2, 0.25) is 0 Å². The first-order chi connectivity index (χ1) is 17.3. The van der Waals surface area contributed by atoms with Gasteiger partial charge in [-0.25, -0.2) is 13.5 Å². The van der Waals surface area contributed by atoms with E-state index in [0.717, 1.165) is 23.3 Å². The molecule has 0 saturated carbocycles. The fourth-order valence-corrected chi connectivity index (χ4v) is 6.55. The molecule has 0 amide bonds. The molecule has 0 radical (unpaired) electrons. The minimum absolute atomic E-state index is 0.128. The molecule has 4 rings (SSSR count). The molecule has 1 fully saturated rings. The molecule has 2 unspecified atom stereocenters. The molecule has 3 aromatic rings. The molecule has 0 aliphatic carbocycles. The number of ether oxygens (including phenoxy) is 2. The van der Waals surface area contributed by atoms with Crippen LogP contribution in [0.5, 0.6) is 5.75 Å². The summed E-state index contributed by atoms with van der Waals surface area (Å²) in [6, 6.07) is 16.1. The summed E-state index contributed by atoms with van der Waals surface area (Å²) in [5, 5.41) is 0. The molecule has 0 spiro atoms. The summed E-state index contributed by atoms with van der Waals surface area (Å²) in [4.78, 5) is 0.128. The van der Waals surface area contributed by atoms with Gasteiger partial charge in [-0.2, -0.15) is 0 Å². The van der Waals surface area contributed by atoms with Crippen LogP contribution in [-0.4, -0.2) is 35.9 Å². The van der Waals surface area contributed by atoms with E-state index in [1.165, 1.54) is 42.7 Å². The zero-order valence-corrected chi connectivity index (χ0v) is 20.7. The highest BCUT2D eigenvalue weighted by atomic mass is 32.3. The smallest absolute Gasteiger partial charge is 0.406 e. The van der Waals surface area contributed by atoms with E-state index in [2.05, 4.69) is 9.46 Å². The first-order valence-corrected chi connectivity index (χ1v) is 13.9. The molecule has 11 heteroatoms. The second-order valence-corrected chi connectivity index (χ2v) is 12.7. The molecule has 200 valence electrons. The van der Waals surface area contributed by atoms with Crippen LogP contribution in [0.25, 0.3) is 0 Å². The van der Waals surface area contributed by atoms with Crippen molar-refractivity contribution in [2.24, 2.45) is 0 Å². The summed E-state index contributed by atoms with van der Waals surface area (Å²) in [6.45, 7) is 0.308. The third-order valence-corrected chi connectivity index (χ3v) is 8.57. The molecule has 5 nitrogen and oxygen atoms in total. The monoisotopic (exact) mass is 542 g/mol. The Bertz CT molecular complexity index is 1230. The summed E-state index contributed by atoms with van der Waals surface area (Å²) in [5.74, 6) is -1.61. The van der Waals surface area contributed by atoms with Gasteiger partial charge in [0.25, 0.3) is 0 Å². The summed E-state index contributed by atoms with van der Waals surface area (Å²) in [7, 11) is -4.18. The predicted molar refractivity (Wildman–Crippen MR) is 131 cm³/mol. The molecule has 3 N–H and O–H groups in total. The molecule has 2 atom stereocenters. The standard InChI is InChI=1S/C26H27F5N2O3S/c1-37(32,34,23-12-10-22(11-13-23)36-26(29,30)31)33-21-14-15-35-24(16-21)25(17-2-6-19(27)7-3-17)18-4-8-20(28)9-5-18/h2-13,21,24-25H,14-16H2,1H3,(H3,32,33,34). The van der Waals surface area contributed by atoms with E-state index in [-0.39, 0.29) is 16.9 Å². The number of alkyl halides is 3. The molecule has 1 aliphatic heterocycles. The lowest BCUT2D eigenvalue weighted by Gasteiger charge is -2.44. The van der Waals surface area contributed by atoms with E-state index < -0.39 is 39.3 Å². The van der Waals surface area contributed by atoms with Gasteiger partial charge in [-0.3, -0.25) is 4.78 Å². The Morgan fingerprint density at radius 1 is 0.946 bits per heavy atom. The van der Waals surface area contributed by atoms with Gasteiger partial charge in [0.05, 0.1) is 6.10 Å². The second-order valence-electron chi connectivity index (χ2n) is 9.22. The van der Waals surface area contributed by atoms with E-state index >= 15 is 0 Å². The number of benzene rings is 3. The van der Waals surface area contributed by atoms with Crippen molar-refractivity contribution < 1.29 is 36.0 Å². The zero-order chi connectivity index (χ0) is 26.9. The molecular formula is C26H27F5N2O3S. The third-order valence-electron chi connectivity index (χ3n) is 6.23. The van der Waals surface area contributed by atoms with E-state index in [9.17, 15) is 26.5 Å². The molecule has 3 aromatic carbocycles. The van der Waals surface area contributed by atoms with Crippen LogP contribution in [0.3, 0.4) is 0 Å². The van der Waals surface area contributed by atoms with Gasteiger partial charge in [0.1, 0.15) is 17.4 Å². The highest BCUT2D eigenvalue weighted by Gasteiger charge is 2.36. The van der Waals surface area contributed by atoms with Crippen molar-refractivity contribution in [2.45, 2.75) is 42.2 Å². The quantitative estimate of drug-likeness (QED) is 0.292. The predicted octanol–water partition coefficient (Wildman–Crippen LogP) is 6.66. The van der Waals surface area contributed by atoms with Crippen molar-refractivity contribution in [3.05, 3.63) is 95.6 Å². The Morgan fingerprint density at radius 3 is 1.95 bits per heavy atom. The van der Waals surface area contributed by atoms with E-state index in [0.29, 0.717) is 19.4 Å². The van der Waals surface area contributed by atoms with Crippen LogP contribution >= 0.6 is 0 Å². The molecule has 1 aliphatic rings. The van der Waals surface area contributed by atoms with Crippen LogP contribution in [0, 0.1) is 16.4 Å². The molecular weight excluding hydrogens is 515 g/mol. The van der Waals surface area contributed by atoms with Crippen LogP contribution in [-0.2, 0) is 14.2 Å². The minimum Gasteiger partial charge on any atom is -0.406 e. The number of hydrogen-bond donors (Lipinski definition) is 3. The second kappa shape index (κ2) is 10.1.